The Balaban J connectivity index is 1.84. The largest absolute Gasteiger partial charge is 0.469 e. The second kappa shape index (κ2) is 6.12. The van der Waals surface area contributed by atoms with Crippen LogP contribution in [0.15, 0.2) is 30.3 Å². The van der Waals surface area contributed by atoms with Crippen molar-refractivity contribution < 1.29 is 4.74 Å². The van der Waals surface area contributed by atoms with Gasteiger partial charge in [-0.3, -0.25) is 0 Å². The molecular weight excluding hydrogens is 262 g/mol. The van der Waals surface area contributed by atoms with Crippen molar-refractivity contribution >= 4 is 5.82 Å². The Morgan fingerprint density at radius 1 is 1.29 bits per heavy atom. The fourth-order valence-electron chi connectivity index (χ4n) is 2.85. The third-order valence-corrected chi connectivity index (χ3v) is 3.75. The van der Waals surface area contributed by atoms with Crippen molar-refractivity contribution in [2.45, 2.75) is 39.2 Å². The number of hydrogen-bond donors (Lipinski definition) is 1. The smallest absolute Gasteiger partial charge is 0.219 e. The predicted molar refractivity (Wildman–Crippen MR) is 83.7 cm³/mol. The lowest BCUT2D eigenvalue weighted by atomic mass is 9.89. The third-order valence-electron chi connectivity index (χ3n) is 3.75. The highest BCUT2D eigenvalue weighted by Gasteiger charge is 2.22. The molecule has 0 bridgehead atoms. The molecule has 0 aliphatic heterocycles. The zero-order valence-corrected chi connectivity index (χ0v) is 12.6. The van der Waals surface area contributed by atoms with Gasteiger partial charge in [-0.15, -0.1) is 0 Å². The average molecular weight is 283 g/mol. The van der Waals surface area contributed by atoms with Gasteiger partial charge in [0.15, 0.2) is 0 Å². The highest BCUT2D eigenvalue weighted by atomic mass is 16.5. The number of benzene rings is 1. The summed E-state index contributed by atoms with van der Waals surface area (Å²) in [5, 5.41) is 3.21. The minimum absolute atomic E-state index is 0.0960. The van der Waals surface area contributed by atoms with Crippen LogP contribution < -0.4 is 10.1 Å². The molecule has 1 aliphatic carbocycles. The summed E-state index contributed by atoms with van der Waals surface area (Å²) in [5.41, 5.74) is 2.69. The first kappa shape index (κ1) is 13.9. The van der Waals surface area contributed by atoms with Gasteiger partial charge in [0, 0.05) is 12.6 Å². The summed E-state index contributed by atoms with van der Waals surface area (Å²) < 4.78 is 6.16. The van der Waals surface area contributed by atoms with E-state index in [9.17, 15) is 0 Å². The van der Waals surface area contributed by atoms with Crippen molar-refractivity contribution in [1.29, 1.82) is 0 Å². The molecule has 4 nitrogen and oxygen atoms in total. The van der Waals surface area contributed by atoms with E-state index in [0.29, 0.717) is 5.88 Å². The zero-order valence-electron chi connectivity index (χ0n) is 12.6. The standard InChI is InChI=1S/C17H21N3O/c1-3-18-16-11-17(20-12(2)19-16)21-15-10-6-8-13-7-4-5-9-14(13)15/h4-5,7,9,11,15H,3,6,8,10H2,1-2H3,(H,18,19,20). The number of nitrogens with one attached hydrogen (secondary N) is 1. The van der Waals surface area contributed by atoms with E-state index in [1.807, 2.05) is 13.0 Å². The van der Waals surface area contributed by atoms with Gasteiger partial charge >= 0.3 is 0 Å². The number of nitrogens with zero attached hydrogens (tertiary/aromatic N) is 2. The number of aryl methyl sites for hydroxylation is 2. The van der Waals surface area contributed by atoms with Gasteiger partial charge in [-0.25, -0.2) is 4.98 Å². The van der Waals surface area contributed by atoms with Crippen LogP contribution >= 0.6 is 0 Å². The molecule has 1 aromatic carbocycles. The third kappa shape index (κ3) is 3.15. The first-order valence-electron chi connectivity index (χ1n) is 7.60. The van der Waals surface area contributed by atoms with Gasteiger partial charge < -0.3 is 10.1 Å². The Kier molecular flexibility index (Phi) is 4.04. The molecule has 1 aliphatic rings. The molecule has 3 rings (SSSR count). The summed E-state index contributed by atoms with van der Waals surface area (Å²) in [6.45, 7) is 4.78. The van der Waals surface area contributed by atoms with Gasteiger partial charge in [-0.05, 0) is 44.2 Å². The number of fused-ring (bicyclic) bond motifs is 1. The van der Waals surface area contributed by atoms with Crippen molar-refractivity contribution in [3.63, 3.8) is 0 Å². The summed E-state index contributed by atoms with van der Waals surface area (Å²) in [4.78, 5) is 8.77. The van der Waals surface area contributed by atoms with Crippen molar-refractivity contribution in [2.75, 3.05) is 11.9 Å². The van der Waals surface area contributed by atoms with Crippen molar-refractivity contribution in [2.24, 2.45) is 0 Å². The molecule has 0 fully saturated rings. The van der Waals surface area contributed by atoms with Crippen molar-refractivity contribution in [1.82, 2.24) is 9.97 Å². The van der Waals surface area contributed by atoms with E-state index in [1.54, 1.807) is 0 Å². The number of ether oxygens (including phenoxy) is 1. The summed E-state index contributed by atoms with van der Waals surface area (Å²) in [6, 6.07) is 10.4. The van der Waals surface area contributed by atoms with Crippen LogP contribution in [-0.2, 0) is 6.42 Å². The zero-order chi connectivity index (χ0) is 14.7. The lowest BCUT2D eigenvalue weighted by Gasteiger charge is -2.26. The molecule has 1 atom stereocenters. The Morgan fingerprint density at radius 3 is 3.00 bits per heavy atom. The molecule has 0 amide bonds. The number of aromatic nitrogens is 2. The van der Waals surface area contributed by atoms with E-state index in [1.165, 1.54) is 11.1 Å². The molecule has 0 saturated carbocycles. The molecule has 0 spiro atoms. The average Bonchev–Trinajstić information content (AvgIpc) is 2.47. The maximum absolute atomic E-state index is 6.16. The number of anilines is 1. The molecule has 1 unspecified atom stereocenters. The second-order valence-corrected chi connectivity index (χ2v) is 5.37. The molecule has 0 saturated heterocycles. The van der Waals surface area contributed by atoms with Crippen molar-refractivity contribution in [3.05, 3.63) is 47.3 Å². The van der Waals surface area contributed by atoms with E-state index < -0.39 is 0 Å². The van der Waals surface area contributed by atoms with Crippen LogP contribution in [0.3, 0.4) is 0 Å². The minimum Gasteiger partial charge on any atom is -0.469 e. The number of hydrogen-bond acceptors (Lipinski definition) is 4. The van der Waals surface area contributed by atoms with Crippen molar-refractivity contribution in [3.8, 4) is 5.88 Å². The van der Waals surface area contributed by atoms with Crippen LogP contribution in [0.25, 0.3) is 0 Å². The van der Waals surface area contributed by atoms with E-state index in [2.05, 4.69) is 46.5 Å². The van der Waals surface area contributed by atoms with E-state index in [-0.39, 0.29) is 6.10 Å². The van der Waals surface area contributed by atoms with Gasteiger partial charge in [0.25, 0.3) is 0 Å². The van der Waals surface area contributed by atoms with E-state index in [0.717, 1.165) is 37.4 Å². The molecule has 1 heterocycles. The summed E-state index contributed by atoms with van der Waals surface area (Å²) in [5.74, 6) is 2.21. The highest BCUT2D eigenvalue weighted by molar-refractivity contribution is 5.39. The summed E-state index contributed by atoms with van der Waals surface area (Å²) in [7, 11) is 0. The van der Waals surface area contributed by atoms with Gasteiger partial charge in [0.2, 0.25) is 5.88 Å². The van der Waals surface area contributed by atoms with Gasteiger partial charge in [-0.2, -0.15) is 4.98 Å². The first-order valence-corrected chi connectivity index (χ1v) is 7.60. The maximum atomic E-state index is 6.16. The van der Waals surface area contributed by atoms with E-state index in [4.69, 9.17) is 4.74 Å². The minimum atomic E-state index is 0.0960. The van der Waals surface area contributed by atoms with Crippen LogP contribution in [-0.4, -0.2) is 16.5 Å². The maximum Gasteiger partial charge on any atom is 0.219 e. The van der Waals surface area contributed by atoms with Crippen LogP contribution in [0, 0.1) is 6.92 Å². The van der Waals surface area contributed by atoms with Crippen LogP contribution in [0.5, 0.6) is 5.88 Å². The Hall–Kier alpha value is -2.10. The SMILES string of the molecule is CCNc1cc(OC2CCCc3ccccc32)nc(C)n1. The second-order valence-electron chi connectivity index (χ2n) is 5.37. The first-order chi connectivity index (χ1) is 10.3. The Bertz CT molecular complexity index is 627. The topological polar surface area (TPSA) is 47.0 Å². The molecule has 2 aromatic rings. The molecule has 21 heavy (non-hydrogen) atoms. The normalized spacial score (nSPS) is 17.1. The molecule has 0 radical (unpaired) electrons. The quantitative estimate of drug-likeness (QED) is 0.930. The summed E-state index contributed by atoms with van der Waals surface area (Å²) in [6.07, 6.45) is 3.43. The lowest BCUT2D eigenvalue weighted by molar-refractivity contribution is 0.175. The van der Waals surface area contributed by atoms with Crippen LogP contribution in [0.2, 0.25) is 0 Å². The van der Waals surface area contributed by atoms with E-state index >= 15 is 0 Å². The molecule has 110 valence electrons. The fourth-order valence-corrected chi connectivity index (χ4v) is 2.85. The molecule has 4 heteroatoms. The molecule has 1 N–H and O–H groups in total. The van der Waals surface area contributed by atoms with Crippen LogP contribution in [0.1, 0.15) is 42.8 Å². The number of rotatable bonds is 4. The van der Waals surface area contributed by atoms with Gasteiger partial charge in [0.05, 0.1) is 0 Å². The van der Waals surface area contributed by atoms with Gasteiger partial charge in [-0.1, -0.05) is 24.3 Å². The Morgan fingerprint density at radius 2 is 2.14 bits per heavy atom. The van der Waals surface area contributed by atoms with Gasteiger partial charge in [0.1, 0.15) is 17.7 Å². The molecular formula is C17H21N3O. The lowest BCUT2D eigenvalue weighted by Crippen LogP contribution is -2.16. The highest BCUT2D eigenvalue weighted by Crippen LogP contribution is 2.33. The fraction of sp³-hybridized carbons (Fsp3) is 0.412. The Labute approximate surface area is 125 Å². The molecule has 1 aromatic heterocycles. The monoisotopic (exact) mass is 283 g/mol. The predicted octanol–water partition coefficient (Wildman–Crippen LogP) is 3.67. The summed E-state index contributed by atoms with van der Waals surface area (Å²) >= 11 is 0. The van der Waals surface area contributed by atoms with Crippen LogP contribution in [0.4, 0.5) is 5.82 Å².